The Labute approximate surface area is 93.6 Å². The van der Waals surface area contributed by atoms with E-state index in [1.807, 2.05) is 6.92 Å². The van der Waals surface area contributed by atoms with Crippen LogP contribution in [-0.2, 0) is 4.79 Å². The number of hydrogen-bond acceptors (Lipinski definition) is 1. The summed E-state index contributed by atoms with van der Waals surface area (Å²) in [6.07, 6.45) is -1.59. The highest BCUT2D eigenvalue weighted by atomic mass is 19.4. The quantitative estimate of drug-likeness (QED) is 0.803. The van der Waals surface area contributed by atoms with Crippen molar-refractivity contribution in [3.05, 3.63) is 0 Å². The molecule has 1 fully saturated rings. The summed E-state index contributed by atoms with van der Waals surface area (Å²) in [6.45, 7) is 2.04. The molecule has 2 nitrogen and oxygen atoms in total. The fourth-order valence-electron chi connectivity index (χ4n) is 2.06. The van der Waals surface area contributed by atoms with E-state index in [1.165, 1.54) is 0 Å². The first-order valence-electron chi connectivity index (χ1n) is 5.74. The van der Waals surface area contributed by atoms with Crippen molar-refractivity contribution in [1.82, 2.24) is 5.32 Å². The molecule has 0 bridgehead atoms. The lowest BCUT2D eigenvalue weighted by atomic mass is 9.86. The van der Waals surface area contributed by atoms with Crippen LogP contribution in [0.15, 0.2) is 0 Å². The van der Waals surface area contributed by atoms with Gasteiger partial charge in [0.1, 0.15) is 0 Å². The van der Waals surface area contributed by atoms with Crippen molar-refractivity contribution >= 4 is 5.91 Å². The van der Waals surface area contributed by atoms with Crippen LogP contribution in [0.2, 0.25) is 0 Å². The minimum atomic E-state index is -4.24. The molecule has 0 aromatic heterocycles. The van der Waals surface area contributed by atoms with Gasteiger partial charge in [-0.2, -0.15) is 13.2 Å². The van der Waals surface area contributed by atoms with Crippen molar-refractivity contribution in [2.75, 3.05) is 0 Å². The van der Waals surface area contributed by atoms with E-state index in [2.05, 4.69) is 5.32 Å². The maximum Gasteiger partial charge on any atom is 0.389 e. The number of halogens is 3. The van der Waals surface area contributed by atoms with Gasteiger partial charge in [-0.05, 0) is 18.8 Å². The summed E-state index contributed by atoms with van der Waals surface area (Å²) in [6, 6.07) is 0.0643. The molecule has 1 N–H and O–H groups in total. The minimum absolute atomic E-state index is 0.0643. The van der Waals surface area contributed by atoms with E-state index in [0.717, 1.165) is 25.7 Å². The van der Waals surface area contributed by atoms with E-state index in [9.17, 15) is 18.0 Å². The van der Waals surface area contributed by atoms with E-state index in [4.69, 9.17) is 0 Å². The average Bonchev–Trinajstić information content (AvgIpc) is 2.18. The predicted molar refractivity (Wildman–Crippen MR) is 54.9 cm³/mol. The van der Waals surface area contributed by atoms with E-state index >= 15 is 0 Å². The maximum atomic E-state index is 11.9. The molecule has 5 heteroatoms. The number of carbonyl (C=O) groups excluding carboxylic acids is 1. The smallest absolute Gasteiger partial charge is 0.353 e. The highest BCUT2D eigenvalue weighted by Crippen LogP contribution is 2.25. The first-order chi connectivity index (χ1) is 7.38. The zero-order valence-corrected chi connectivity index (χ0v) is 9.44. The van der Waals surface area contributed by atoms with Gasteiger partial charge >= 0.3 is 6.18 Å². The molecule has 0 aromatic rings. The molecule has 0 saturated heterocycles. The summed E-state index contributed by atoms with van der Waals surface area (Å²) >= 11 is 0. The molecule has 2 atom stereocenters. The summed E-state index contributed by atoms with van der Waals surface area (Å²) < 4.78 is 35.7. The van der Waals surface area contributed by atoms with Crippen LogP contribution in [0.25, 0.3) is 0 Å². The third-order valence-corrected chi connectivity index (χ3v) is 3.09. The van der Waals surface area contributed by atoms with Gasteiger partial charge in [0.2, 0.25) is 5.91 Å². The lowest BCUT2D eigenvalue weighted by molar-refractivity contribution is -0.144. The molecule has 1 rings (SSSR count). The Kier molecular flexibility index (Phi) is 4.62. The third-order valence-electron chi connectivity index (χ3n) is 3.09. The van der Waals surface area contributed by atoms with Crippen LogP contribution in [-0.4, -0.2) is 18.1 Å². The lowest BCUT2D eigenvalue weighted by Gasteiger charge is -2.29. The fraction of sp³-hybridized carbons (Fsp3) is 0.909. The minimum Gasteiger partial charge on any atom is -0.353 e. The van der Waals surface area contributed by atoms with Gasteiger partial charge < -0.3 is 5.32 Å². The number of nitrogens with one attached hydrogen (secondary N) is 1. The molecule has 1 amide bonds. The molecule has 1 aliphatic rings. The standard InChI is InChI=1S/C11H18F3NO/c1-8-4-2-3-5-9(8)15-10(16)6-7-11(12,13)14/h8-9H,2-7H2,1H3,(H,15,16). The number of alkyl halides is 3. The number of amides is 1. The van der Waals surface area contributed by atoms with Crippen LogP contribution in [0.1, 0.15) is 45.4 Å². The van der Waals surface area contributed by atoms with Gasteiger partial charge in [0.15, 0.2) is 0 Å². The molecule has 0 aliphatic heterocycles. The summed E-state index contributed by atoms with van der Waals surface area (Å²) in [5, 5.41) is 2.70. The largest absolute Gasteiger partial charge is 0.389 e. The van der Waals surface area contributed by atoms with Gasteiger partial charge in [0, 0.05) is 12.5 Å². The Morgan fingerprint density at radius 3 is 2.50 bits per heavy atom. The highest BCUT2D eigenvalue weighted by Gasteiger charge is 2.29. The first kappa shape index (κ1) is 13.3. The van der Waals surface area contributed by atoms with Gasteiger partial charge in [0.25, 0.3) is 0 Å². The van der Waals surface area contributed by atoms with Crippen molar-refractivity contribution in [1.29, 1.82) is 0 Å². The Hall–Kier alpha value is -0.740. The monoisotopic (exact) mass is 237 g/mol. The van der Waals surface area contributed by atoms with Gasteiger partial charge in [-0.15, -0.1) is 0 Å². The van der Waals surface area contributed by atoms with Gasteiger partial charge in [-0.3, -0.25) is 4.79 Å². The zero-order valence-electron chi connectivity index (χ0n) is 9.44. The normalized spacial score (nSPS) is 26.5. The molecule has 16 heavy (non-hydrogen) atoms. The highest BCUT2D eigenvalue weighted by molar-refractivity contribution is 5.76. The van der Waals surface area contributed by atoms with E-state index < -0.39 is 24.9 Å². The van der Waals surface area contributed by atoms with Crippen LogP contribution >= 0.6 is 0 Å². The van der Waals surface area contributed by atoms with Gasteiger partial charge in [0.05, 0.1) is 6.42 Å². The molecule has 0 spiro atoms. The molecule has 1 saturated carbocycles. The molecular formula is C11H18F3NO. The SMILES string of the molecule is CC1CCCCC1NC(=O)CCC(F)(F)F. The molecule has 0 heterocycles. The molecule has 94 valence electrons. The fourth-order valence-corrected chi connectivity index (χ4v) is 2.06. The van der Waals surface area contributed by atoms with Crippen LogP contribution in [0.5, 0.6) is 0 Å². The lowest BCUT2D eigenvalue weighted by Crippen LogP contribution is -2.41. The number of hydrogen-bond donors (Lipinski definition) is 1. The Balaban J connectivity index is 2.28. The molecule has 0 aromatic carbocycles. The van der Waals surface area contributed by atoms with Crippen LogP contribution in [0, 0.1) is 5.92 Å². The van der Waals surface area contributed by atoms with E-state index in [-0.39, 0.29) is 6.04 Å². The average molecular weight is 237 g/mol. The van der Waals surface area contributed by atoms with Crippen LogP contribution in [0.3, 0.4) is 0 Å². The topological polar surface area (TPSA) is 29.1 Å². The maximum absolute atomic E-state index is 11.9. The Bertz CT molecular complexity index is 240. The second kappa shape index (κ2) is 5.55. The first-order valence-corrected chi connectivity index (χ1v) is 5.74. The number of rotatable bonds is 3. The van der Waals surface area contributed by atoms with Crippen molar-refractivity contribution in [2.24, 2.45) is 5.92 Å². The van der Waals surface area contributed by atoms with Crippen molar-refractivity contribution in [2.45, 2.75) is 57.7 Å². The van der Waals surface area contributed by atoms with Crippen molar-refractivity contribution < 1.29 is 18.0 Å². The van der Waals surface area contributed by atoms with Crippen LogP contribution < -0.4 is 5.32 Å². The summed E-state index contributed by atoms with van der Waals surface area (Å²) in [7, 11) is 0. The van der Waals surface area contributed by atoms with Crippen molar-refractivity contribution in [3.63, 3.8) is 0 Å². The molecular weight excluding hydrogens is 219 g/mol. The van der Waals surface area contributed by atoms with E-state index in [1.54, 1.807) is 0 Å². The molecule has 1 aliphatic carbocycles. The van der Waals surface area contributed by atoms with Gasteiger partial charge in [-0.1, -0.05) is 19.8 Å². The summed E-state index contributed by atoms with van der Waals surface area (Å²) in [5.74, 6) is -0.0975. The predicted octanol–water partition coefficient (Wildman–Crippen LogP) is 3.02. The summed E-state index contributed by atoms with van der Waals surface area (Å²) in [5.41, 5.74) is 0. The Morgan fingerprint density at radius 2 is 1.94 bits per heavy atom. The van der Waals surface area contributed by atoms with Crippen LogP contribution in [0.4, 0.5) is 13.2 Å². The Morgan fingerprint density at radius 1 is 1.31 bits per heavy atom. The zero-order chi connectivity index (χ0) is 12.2. The third kappa shape index (κ3) is 4.86. The summed E-state index contributed by atoms with van der Waals surface area (Å²) in [4.78, 5) is 11.3. The second-order valence-corrected chi connectivity index (χ2v) is 4.55. The number of carbonyl (C=O) groups is 1. The molecule has 2 unspecified atom stereocenters. The van der Waals surface area contributed by atoms with Crippen molar-refractivity contribution in [3.8, 4) is 0 Å². The second-order valence-electron chi connectivity index (χ2n) is 4.55. The van der Waals surface area contributed by atoms with E-state index in [0.29, 0.717) is 5.92 Å². The van der Waals surface area contributed by atoms with Gasteiger partial charge in [-0.25, -0.2) is 0 Å². The molecule has 0 radical (unpaired) electrons.